The average molecular weight is 400 g/mol. The lowest BCUT2D eigenvalue weighted by atomic mass is 10.1. The number of phenols is 1. The average Bonchev–Trinajstić information content (AvgIpc) is 3.23. The maximum Gasteiger partial charge on any atom is 0.254 e. The number of carbonyl (C=O) groups is 1. The van der Waals surface area contributed by atoms with Crippen LogP contribution in [0.25, 0.3) is 28.2 Å². The number of morpholine rings is 1. The van der Waals surface area contributed by atoms with Crippen molar-refractivity contribution in [2.24, 2.45) is 0 Å². The number of aromatic nitrogens is 3. The van der Waals surface area contributed by atoms with Crippen molar-refractivity contribution in [2.75, 3.05) is 26.3 Å². The van der Waals surface area contributed by atoms with E-state index in [-0.39, 0.29) is 11.7 Å². The molecule has 7 nitrogen and oxygen atoms in total. The zero-order valence-corrected chi connectivity index (χ0v) is 16.2. The second kappa shape index (κ2) is 7.61. The van der Waals surface area contributed by atoms with Crippen molar-refractivity contribution in [3.63, 3.8) is 0 Å². The summed E-state index contributed by atoms with van der Waals surface area (Å²) in [6.45, 7) is 2.42. The van der Waals surface area contributed by atoms with Gasteiger partial charge in [-0.15, -0.1) is 0 Å². The summed E-state index contributed by atoms with van der Waals surface area (Å²) >= 11 is 0. The summed E-state index contributed by atoms with van der Waals surface area (Å²) in [5, 5.41) is 14.3. The minimum absolute atomic E-state index is 0.0255. The Balaban J connectivity index is 1.45. The molecule has 7 heteroatoms. The van der Waals surface area contributed by atoms with Crippen LogP contribution in [0.4, 0.5) is 0 Å². The van der Waals surface area contributed by atoms with Gasteiger partial charge in [-0.2, -0.15) is 5.10 Å². The molecule has 1 fully saturated rings. The van der Waals surface area contributed by atoms with E-state index in [9.17, 15) is 9.90 Å². The van der Waals surface area contributed by atoms with Gasteiger partial charge < -0.3 is 14.7 Å². The fourth-order valence-electron chi connectivity index (χ4n) is 3.59. The summed E-state index contributed by atoms with van der Waals surface area (Å²) < 4.78 is 7.10. The number of phenolic OH excluding ortho intramolecular Hbond substituents is 1. The molecule has 4 aromatic rings. The van der Waals surface area contributed by atoms with Gasteiger partial charge >= 0.3 is 0 Å². The molecule has 0 spiro atoms. The molecule has 0 atom stereocenters. The minimum Gasteiger partial charge on any atom is -0.508 e. The summed E-state index contributed by atoms with van der Waals surface area (Å²) in [6.07, 6.45) is 1.77. The van der Waals surface area contributed by atoms with Crippen LogP contribution in [0.5, 0.6) is 5.75 Å². The Morgan fingerprint density at radius 3 is 2.33 bits per heavy atom. The zero-order valence-electron chi connectivity index (χ0n) is 16.2. The van der Waals surface area contributed by atoms with E-state index in [0.717, 1.165) is 28.2 Å². The van der Waals surface area contributed by atoms with Gasteiger partial charge in [0.15, 0.2) is 5.65 Å². The Morgan fingerprint density at radius 2 is 1.60 bits per heavy atom. The Hall–Kier alpha value is -3.71. The van der Waals surface area contributed by atoms with Gasteiger partial charge in [0.05, 0.1) is 30.8 Å². The Labute approximate surface area is 173 Å². The number of hydrogen-bond donors (Lipinski definition) is 1. The number of benzene rings is 2. The highest BCUT2D eigenvalue weighted by molar-refractivity contribution is 5.94. The summed E-state index contributed by atoms with van der Waals surface area (Å²) in [5.74, 6) is 0.241. The van der Waals surface area contributed by atoms with Crippen LogP contribution in [-0.4, -0.2) is 56.8 Å². The lowest BCUT2D eigenvalue weighted by Crippen LogP contribution is -2.40. The SMILES string of the molecule is O=C(c1ccc(-c2ccc3ncc(-c4ccc(O)cc4)n3n2)cc1)N1CCOCC1. The number of fused-ring (bicyclic) bond motifs is 1. The maximum absolute atomic E-state index is 12.6. The molecule has 1 aliphatic heterocycles. The quantitative estimate of drug-likeness (QED) is 0.571. The van der Waals surface area contributed by atoms with E-state index in [2.05, 4.69) is 4.98 Å². The van der Waals surface area contributed by atoms with Crippen LogP contribution in [0.3, 0.4) is 0 Å². The first-order chi connectivity index (χ1) is 14.7. The number of amides is 1. The number of aromatic hydroxyl groups is 1. The third-order valence-electron chi connectivity index (χ3n) is 5.25. The highest BCUT2D eigenvalue weighted by atomic mass is 16.5. The lowest BCUT2D eigenvalue weighted by molar-refractivity contribution is 0.0303. The predicted molar refractivity (Wildman–Crippen MR) is 112 cm³/mol. The lowest BCUT2D eigenvalue weighted by Gasteiger charge is -2.26. The summed E-state index contributed by atoms with van der Waals surface area (Å²) in [5.41, 5.74) is 4.85. The van der Waals surface area contributed by atoms with Gasteiger partial charge in [-0.1, -0.05) is 12.1 Å². The van der Waals surface area contributed by atoms with Crippen molar-refractivity contribution >= 4 is 11.6 Å². The fraction of sp³-hybridized carbons (Fsp3) is 0.174. The van der Waals surface area contributed by atoms with Crippen LogP contribution in [0, 0.1) is 0 Å². The van der Waals surface area contributed by atoms with Gasteiger partial charge in [-0.05, 0) is 48.5 Å². The number of hydrogen-bond acceptors (Lipinski definition) is 5. The van der Waals surface area contributed by atoms with Crippen LogP contribution >= 0.6 is 0 Å². The summed E-state index contributed by atoms with van der Waals surface area (Å²) in [6, 6.07) is 18.3. The van der Waals surface area contributed by atoms with Crippen molar-refractivity contribution in [3.05, 3.63) is 72.4 Å². The molecule has 5 rings (SSSR count). The molecule has 1 amide bonds. The smallest absolute Gasteiger partial charge is 0.254 e. The van der Waals surface area contributed by atoms with Gasteiger partial charge in [0.2, 0.25) is 0 Å². The maximum atomic E-state index is 12.6. The Kier molecular flexibility index (Phi) is 4.65. The molecule has 0 aliphatic carbocycles. The van der Waals surface area contributed by atoms with Crippen molar-refractivity contribution in [1.82, 2.24) is 19.5 Å². The minimum atomic E-state index is 0.0255. The van der Waals surface area contributed by atoms with Gasteiger partial charge in [-0.25, -0.2) is 9.50 Å². The second-order valence-electron chi connectivity index (χ2n) is 7.16. The van der Waals surface area contributed by atoms with E-state index in [4.69, 9.17) is 9.84 Å². The summed E-state index contributed by atoms with van der Waals surface area (Å²) in [4.78, 5) is 18.9. The molecule has 0 unspecified atom stereocenters. The third kappa shape index (κ3) is 3.40. The number of carbonyl (C=O) groups excluding carboxylic acids is 1. The molecule has 3 heterocycles. The molecular weight excluding hydrogens is 380 g/mol. The second-order valence-corrected chi connectivity index (χ2v) is 7.16. The van der Waals surface area contributed by atoms with E-state index in [0.29, 0.717) is 31.9 Å². The number of imidazole rings is 1. The number of rotatable bonds is 3. The van der Waals surface area contributed by atoms with Crippen molar-refractivity contribution in [2.45, 2.75) is 0 Å². The van der Waals surface area contributed by atoms with E-state index >= 15 is 0 Å². The fourth-order valence-corrected chi connectivity index (χ4v) is 3.59. The standard InChI is InChI=1S/C23H20N4O3/c28-19-7-5-17(6-8-19)21-15-24-22-10-9-20(25-27(21)22)16-1-3-18(4-2-16)23(29)26-11-13-30-14-12-26/h1-10,15,28H,11-14H2. The molecule has 0 bridgehead atoms. The predicted octanol–water partition coefficient (Wildman–Crippen LogP) is 3.24. The summed E-state index contributed by atoms with van der Waals surface area (Å²) in [7, 11) is 0. The van der Waals surface area contributed by atoms with E-state index in [1.165, 1.54) is 0 Å². The molecule has 2 aromatic carbocycles. The van der Waals surface area contributed by atoms with Crippen LogP contribution in [0.2, 0.25) is 0 Å². The van der Waals surface area contributed by atoms with Crippen LogP contribution in [0.15, 0.2) is 66.9 Å². The molecule has 1 N–H and O–H groups in total. The molecular formula is C23H20N4O3. The van der Waals surface area contributed by atoms with Gasteiger partial charge in [0.25, 0.3) is 5.91 Å². The first kappa shape index (κ1) is 18.3. The molecule has 1 aliphatic rings. The zero-order chi connectivity index (χ0) is 20.5. The molecule has 2 aromatic heterocycles. The van der Waals surface area contributed by atoms with E-state index in [1.807, 2.05) is 53.4 Å². The Bertz CT molecular complexity index is 1190. The van der Waals surface area contributed by atoms with Crippen molar-refractivity contribution in [1.29, 1.82) is 0 Å². The largest absolute Gasteiger partial charge is 0.508 e. The van der Waals surface area contributed by atoms with Gasteiger partial charge in [0, 0.05) is 29.8 Å². The molecule has 0 radical (unpaired) electrons. The van der Waals surface area contributed by atoms with Crippen LogP contribution < -0.4 is 0 Å². The number of nitrogens with zero attached hydrogens (tertiary/aromatic N) is 4. The highest BCUT2D eigenvalue weighted by Crippen LogP contribution is 2.25. The van der Waals surface area contributed by atoms with Gasteiger partial charge in [-0.3, -0.25) is 4.79 Å². The molecule has 150 valence electrons. The monoisotopic (exact) mass is 400 g/mol. The van der Waals surface area contributed by atoms with Crippen LogP contribution in [0.1, 0.15) is 10.4 Å². The van der Waals surface area contributed by atoms with E-state index < -0.39 is 0 Å². The van der Waals surface area contributed by atoms with Crippen LogP contribution in [-0.2, 0) is 4.74 Å². The molecule has 30 heavy (non-hydrogen) atoms. The molecule has 1 saturated heterocycles. The van der Waals surface area contributed by atoms with Crippen molar-refractivity contribution in [3.8, 4) is 28.3 Å². The molecule has 0 saturated carbocycles. The Morgan fingerprint density at radius 1 is 0.900 bits per heavy atom. The van der Waals surface area contributed by atoms with E-state index in [1.54, 1.807) is 22.8 Å². The van der Waals surface area contributed by atoms with Crippen molar-refractivity contribution < 1.29 is 14.6 Å². The van der Waals surface area contributed by atoms with Gasteiger partial charge in [0.1, 0.15) is 5.75 Å². The first-order valence-corrected chi connectivity index (χ1v) is 9.81. The first-order valence-electron chi connectivity index (χ1n) is 9.81. The third-order valence-corrected chi connectivity index (χ3v) is 5.25. The highest BCUT2D eigenvalue weighted by Gasteiger charge is 2.18. The number of ether oxygens (including phenoxy) is 1. The topological polar surface area (TPSA) is 80.0 Å². The normalized spacial score (nSPS) is 14.2.